The lowest BCUT2D eigenvalue weighted by Gasteiger charge is -2.17. The molecule has 0 radical (unpaired) electrons. The van der Waals surface area contributed by atoms with Crippen LogP contribution in [0.4, 0.5) is 11.5 Å². The van der Waals surface area contributed by atoms with Crippen LogP contribution in [-0.4, -0.2) is 24.0 Å². The predicted octanol–water partition coefficient (Wildman–Crippen LogP) is 5.22. The van der Waals surface area contributed by atoms with Gasteiger partial charge in [0.15, 0.2) is 0 Å². The van der Waals surface area contributed by atoms with Crippen molar-refractivity contribution >= 4 is 23.5 Å². The Labute approximate surface area is 183 Å². The van der Waals surface area contributed by atoms with E-state index in [0.717, 1.165) is 47.2 Å². The van der Waals surface area contributed by atoms with Gasteiger partial charge in [-0.05, 0) is 61.2 Å². The fourth-order valence-electron chi connectivity index (χ4n) is 3.56. The minimum Gasteiger partial charge on any atom is -0.489 e. The van der Waals surface area contributed by atoms with E-state index in [9.17, 15) is 4.79 Å². The number of amides is 1. The summed E-state index contributed by atoms with van der Waals surface area (Å²) in [6.07, 6.45) is 5.75. The van der Waals surface area contributed by atoms with Gasteiger partial charge in [-0.2, -0.15) is 0 Å². The zero-order valence-electron chi connectivity index (χ0n) is 17.8. The predicted molar refractivity (Wildman–Crippen MR) is 125 cm³/mol. The molecule has 1 aliphatic heterocycles. The lowest BCUT2D eigenvalue weighted by Crippen LogP contribution is -2.19. The maximum Gasteiger partial charge on any atom is 0.248 e. The number of benzene rings is 2. The topological polar surface area (TPSA) is 54.5 Å². The molecular weight excluding hydrogens is 386 g/mol. The Bertz CT molecular complexity index is 1040. The highest BCUT2D eigenvalue weighted by molar-refractivity contribution is 6.02. The van der Waals surface area contributed by atoms with Gasteiger partial charge in [0.1, 0.15) is 18.2 Å². The molecule has 0 bridgehead atoms. The lowest BCUT2D eigenvalue weighted by molar-refractivity contribution is -0.111. The molecule has 1 aromatic heterocycles. The number of hydrogen-bond donors (Lipinski definition) is 1. The lowest BCUT2D eigenvalue weighted by atomic mass is 10.2. The van der Waals surface area contributed by atoms with E-state index < -0.39 is 0 Å². The largest absolute Gasteiger partial charge is 0.489 e. The molecule has 1 saturated heterocycles. The van der Waals surface area contributed by atoms with Crippen LogP contribution in [0.2, 0.25) is 0 Å². The van der Waals surface area contributed by atoms with Crippen molar-refractivity contribution in [2.45, 2.75) is 26.4 Å². The fraction of sp³-hybridized carbons (Fsp3) is 0.231. The van der Waals surface area contributed by atoms with E-state index in [1.54, 1.807) is 6.08 Å². The van der Waals surface area contributed by atoms with Crippen LogP contribution in [0.15, 0.2) is 72.8 Å². The van der Waals surface area contributed by atoms with Crippen LogP contribution in [-0.2, 0) is 11.4 Å². The average Bonchev–Trinajstić information content (AvgIpc) is 3.34. The van der Waals surface area contributed by atoms with Crippen LogP contribution in [0.1, 0.15) is 29.7 Å². The first-order chi connectivity index (χ1) is 15.2. The molecule has 3 aromatic rings. The summed E-state index contributed by atoms with van der Waals surface area (Å²) in [5, 5.41) is 2.92. The number of carbonyl (C=O) groups excluding carboxylic acids is 1. The summed E-state index contributed by atoms with van der Waals surface area (Å²) >= 11 is 0. The van der Waals surface area contributed by atoms with Gasteiger partial charge in [0.25, 0.3) is 0 Å². The minimum absolute atomic E-state index is 0.178. The number of ether oxygens (including phenoxy) is 1. The molecular formula is C26H27N3O2. The molecule has 0 aliphatic carbocycles. The number of carbonyl (C=O) groups is 1. The molecule has 0 atom stereocenters. The molecule has 5 nitrogen and oxygen atoms in total. The van der Waals surface area contributed by atoms with Crippen LogP contribution < -0.4 is 15.0 Å². The molecule has 1 N–H and O–H groups in total. The SMILES string of the molecule is Cc1nc(N2CCCC2)ccc1NC(=O)/C=C/c1ccc(OCc2ccccc2)cc1. The molecule has 158 valence electrons. The Hall–Kier alpha value is -3.60. The molecule has 0 spiro atoms. The quantitative estimate of drug-likeness (QED) is 0.540. The smallest absolute Gasteiger partial charge is 0.248 e. The zero-order chi connectivity index (χ0) is 21.5. The van der Waals surface area contributed by atoms with E-state index >= 15 is 0 Å². The maximum absolute atomic E-state index is 12.3. The van der Waals surface area contributed by atoms with Crippen molar-refractivity contribution in [3.8, 4) is 5.75 Å². The van der Waals surface area contributed by atoms with Gasteiger partial charge >= 0.3 is 0 Å². The summed E-state index contributed by atoms with van der Waals surface area (Å²) < 4.78 is 5.80. The highest BCUT2D eigenvalue weighted by Gasteiger charge is 2.14. The van der Waals surface area contributed by atoms with Crippen molar-refractivity contribution in [1.82, 2.24) is 4.98 Å². The number of rotatable bonds is 7. The second-order valence-corrected chi connectivity index (χ2v) is 7.66. The number of hydrogen-bond acceptors (Lipinski definition) is 4. The Morgan fingerprint density at radius 3 is 2.48 bits per heavy atom. The highest BCUT2D eigenvalue weighted by Crippen LogP contribution is 2.22. The molecule has 1 fully saturated rings. The number of aromatic nitrogens is 1. The molecule has 31 heavy (non-hydrogen) atoms. The second kappa shape index (κ2) is 9.94. The van der Waals surface area contributed by atoms with E-state index in [0.29, 0.717) is 6.61 Å². The summed E-state index contributed by atoms with van der Waals surface area (Å²) in [5.41, 5.74) is 3.62. The molecule has 0 unspecified atom stereocenters. The number of nitrogens with one attached hydrogen (secondary N) is 1. The third-order valence-electron chi connectivity index (χ3n) is 5.31. The van der Waals surface area contributed by atoms with Crippen molar-refractivity contribution in [1.29, 1.82) is 0 Å². The summed E-state index contributed by atoms with van der Waals surface area (Å²) in [7, 11) is 0. The molecule has 1 aliphatic rings. The highest BCUT2D eigenvalue weighted by atomic mass is 16.5. The van der Waals surface area contributed by atoms with Crippen molar-refractivity contribution in [3.05, 3.63) is 89.6 Å². The van der Waals surface area contributed by atoms with Crippen molar-refractivity contribution < 1.29 is 9.53 Å². The zero-order valence-corrected chi connectivity index (χ0v) is 17.8. The molecule has 4 rings (SSSR count). The summed E-state index contributed by atoms with van der Waals surface area (Å²) in [4.78, 5) is 19.3. The van der Waals surface area contributed by atoms with Crippen LogP contribution in [0.25, 0.3) is 6.08 Å². The van der Waals surface area contributed by atoms with E-state index in [1.807, 2.05) is 73.7 Å². The van der Waals surface area contributed by atoms with Gasteiger partial charge in [-0.25, -0.2) is 4.98 Å². The van der Waals surface area contributed by atoms with Gasteiger partial charge in [0, 0.05) is 19.2 Å². The van der Waals surface area contributed by atoms with E-state index in [4.69, 9.17) is 4.74 Å². The minimum atomic E-state index is -0.178. The fourth-order valence-corrected chi connectivity index (χ4v) is 3.56. The monoisotopic (exact) mass is 413 g/mol. The van der Waals surface area contributed by atoms with Crippen LogP contribution in [0, 0.1) is 6.92 Å². The number of anilines is 2. The van der Waals surface area contributed by atoms with Gasteiger partial charge in [-0.1, -0.05) is 42.5 Å². The van der Waals surface area contributed by atoms with Gasteiger partial charge in [0.2, 0.25) is 5.91 Å². The summed E-state index contributed by atoms with van der Waals surface area (Å²) in [6.45, 7) is 4.56. The normalized spacial score (nSPS) is 13.5. The Morgan fingerprint density at radius 2 is 1.77 bits per heavy atom. The standard InChI is InChI=1S/C26H27N3O2/c1-20-24(14-15-25(27-20)29-17-5-6-18-29)28-26(30)16-11-21-9-12-23(13-10-21)31-19-22-7-3-2-4-8-22/h2-4,7-16H,5-6,17-19H2,1H3,(H,28,30)/b16-11+. The van der Waals surface area contributed by atoms with Gasteiger partial charge in [0.05, 0.1) is 11.4 Å². The first-order valence-corrected chi connectivity index (χ1v) is 10.7. The van der Waals surface area contributed by atoms with Crippen molar-refractivity contribution in [2.75, 3.05) is 23.3 Å². The molecule has 2 heterocycles. The van der Waals surface area contributed by atoms with Crippen LogP contribution >= 0.6 is 0 Å². The van der Waals surface area contributed by atoms with Gasteiger partial charge < -0.3 is 15.0 Å². The van der Waals surface area contributed by atoms with Gasteiger partial charge in [-0.15, -0.1) is 0 Å². The third-order valence-corrected chi connectivity index (χ3v) is 5.31. The Kier molecular flexibility index (Phi) is 6.62. The molecule has 2 aromatic carbocycles. The van der Waals surface area contributed by atoms with E-state index in [1.165, 1.54) is 18.9 Å². The summed E-state index contributed by atoms with van der Waals surface area (Å²) in [6, 6.07) is 21.6. The van der Waals surface area contributed by atoms with Crippen molar-refractivity contribution in [2.24, 2.45) is 0 Å². The average molecular weight is 414 g/mol. The van der Waals surface area contributed by atoms with Gasteiger partial charge in [-0.3, -0.25) is 4.79 Å². The first kappa shape index (κ1) is 20.7. The third kappa shape index (κ3) is 5.72. The van der Waals surface area contributed by atoms with Crippen LogP contribution in [0.5, 0.6) is 5.75 Å². The number of nitrogens with zero attached hydrogens (tertiary/aromatic N) is 2. The number of aryl methyl sites for hydroxylation is 1. The molecule has 0 saturated carbocycles. The Balaban J connectivity index is 1.30. The van der Waals surface area contributed by atoms with E-state index in [-0.39, 0.29) is 5.91 Å². The maximum atomic E-state index is 12.3. The van der Waals surface area contributed by atoms with Crippen molar-refractivity contribution in [3.63, 3.8) is 0 Å². The summed E-state index contributed by atoms with van der Waals surface area (Å²) in [5.74, 6) is 1.60. The molecule has 1 amide bonds. The first-order valence-electron chi connectivity index (χ1n) is 10.7. The molecule has 5 heteroatoms. The van der Waals surface area contributed by atoms with Crippen LogP contribution in [0.3, 0.4) is 0 Å². The van der Waals surface area contributed by atoms with E-state index in [2.05, 4.69) is 15.2 Å². The second-order valence-electron chi connectivity index (χ2n) is 7.66. The Morgan fingerprint density at radius 1 is 1.03 bits per heavy atom. The number of pyridine rings is 1.